The topological polar surface area (TPSA) is 82.1 Å². The van der Waals surface area contributed by atoms with Gasteiger partial charge in [0.1, 0.15) is 12.4 Å². The first-order valence-electron chi connectivity index (χ1n) is 9.98. The second-order valence-electron chi connectivity index (χ2n) is 7.53. The molecule has 158 valence electrons. The van der Waals surface area contributed by atoms with E-state index < -0.39 is 0 Å². The molecule has 0 atom stereocenters. The number of rotatable bonds is 7. The number of nitrogens with zero attached hydrogens (tertiary/aromatic N) is 6. The van der Waals surface area contributed by atoms with E-state index in [2.05, 4.69) is 31.9 Å². The van der Waals surface area contributed by atoms with E-state index in [1.54, 1.807) is 11.0 Å². The number of likely N-dealkylation sites (tertiary alicyclic amines) is 1. The van der Waals surface area contributed by atoms with Gasteiger partial charge in [-0.25, -0.2) is 4.98 Å². The average Bonchev–Trinajstić information content (AvgIpc) is 3.35. The molecule has 0 spiro atoms. The van der Waals surface area contributed by atoms with Crippen LogP contribution in [-0.4, -0.2) is 43.2 Å². The lowest BCUT2D eigenvalue weighted by molar-refractivity contribution is 0.0852. The molecule has 30 heavy (non-hydrogen) atoms. The molecule has 9 heteroatoms. The molecule has 4 rings (SSSR count). The van der Waals surface area contributed by atoms with Gasteiger partial charge in [-0.2, -0.15) is 4.80 Å². The second-order valence-corrected chi connectivity index (χ2v) is 7.97. The molecular formula is C21H25ClN6O2. The van der Waals surface area contributed by atoms with Gasteiger partial charge in [-0.05, 0) is 61.7 Å². The van der Waals surface area contributed by atoms with Gasteiger partial charge in [0.2, 0.25) is 0 Å². The highest BCUT2D eigenvalue weighted by molar-refractivity contribution is 6.30. The van der Waals surface area contributed by atoms with Gasteiger partial charge < -0.3 is 14.1 Å². The van der Waals surface area contributed by atoms with Crippen LogP contribution in [0.1, 0.15) is 47.4 Å². The number of hydrogen-bond donors (Lipinski definition) is 0. The Bertz CT molecular complexity index is 1020. The molecule has 0 amide bonds. The monoisotopic (exact) mass is 428 g/mol. The number of halogens is 1. The Kier molecular flexibility index (Phi) is 6.03. The molecule has 1 aliphatic heterocycles. The van der Waals surface area contributed by atoms with Crippen LogP contribution in [0.25, 0.3) is 0 Å². The van der Waals surface area contributed by atoms with E-state index in [0.29, 0.717) is 35.8 Å². The first kappa shape index (κ1) is 20.4. The summed E-state index contributed by atoms with van der Waals surface area (Å²) >= 11 is 6.19. The number of tetrazole rings is 1. The SMILES string of the molecule is C=C(OCc1ccc(Cl)cc1Cn1nnc(C)n1)N1CCC(c2ncc(C)o2)CC1. The molecule has 0 unspecified atom stereocenters. The zero-order valence-corrected chi connectivity index (χ0v) is 18.0. The molecule has 3 heterocycles. The normalized spacial score (nSPS) is 14.8. The van der Waals surface area contributed by atoms with Crippen LogP contribution in [-0.2, 0) is 17.9 Å². The van der Waals surface area contributed by atoms with E-state index in [1.165, 1.54) is 0 Å². The van der Waals surface area contributed by atoms with Crippen molar-refractivity contribution in [3.05, 3.63) is 70.5 Å². The van der Waals surface area contributed by atoms with Gasteiger partial charge in [-0.3, -0.25) is 0 Å². The van der Waals surface area contributed by atoms with Crippen LogP contribution in [0.2, 0.25) is 5.02 Å². The third-order valence-electron chi connectivity index (χ3n) is 5.26. The van der Waals surface area contributed by atoms with Crippen molar-refractivity contribution in [2.45, 2.75) is 45.8 Å². The van der Waals surface area contributed by atoms with Crippen LogP contribution in [0, 0.1) is 13.8 Å². The quantitative estimate of drug-likeness (QED) is 0.528. The third-order valence-corrected chi connectivity index (χ3v) is 5.50. The van der Waals surface area contributed by atoms with Gasteiger partial charge in [0.15, 0.2) is 17.6 Å². The van der Waals surface area contributed by atoms with Crippen molar-refractivity contribution in [3.8, 4) is 0 Å². The van der Waals surface area contributed by atoms with Crippen LogP contribution in [0.4, 0.5) is 0 Å². The fraction of sp³-hybridized carbons (Fsp3) is 0.429. The number of aryl methyl sites for hydroxylation is 2. The fourth-order valence-electron chi connectivity index (χ4n) is 3.61. The average molecular weight is 429 g/mol. The highest BCUT2D eigenvalue weighted by atomic mass is 35.5. The number of piperidine rings is 1. The van der Waals surface area contributed by atoms with Crippen molar-refractivity contribution in [1.82, 2.24) is 30.1 Å². The summed E-state index contributed by atoms with van der Waals surface area (Å²) < 4.78 is 11.7. The van der Waals surface area contributed by atoms with Crippen LogP contribution < -0.4 is 0 Å². The van der Waals surface area contributed by atoms with E-state index in [4.69, 9.17) is 20.8 Å². The molecule has 8 nitrogen and oxygen atoms in total. The molecule has 1 aliphatic rings. The maximum Gasteiger partial charge on any atom is 0.197 e. The molecular weight excluding hydrogens is 404 g/mol. The van der Waals surface area contributed by atoms with E-state index in [0.717, 1.165) is 48.7 Å². The standard InChI is InChI=1S/C21H25ClN6O2/c1-14-11-23-21(30-14)17-6-8-27(9-7-17)16(3)29-13-18-4-5-20(22)10-19(18)12-28-25-15(2)24-26-28/h4-5,10-11,17H,3,6-9,12-13H2,1-2H3. The number of hydrogen-bond acceptors (Lipinski definition) is 7. The van der Waals surface area contributed by atoms with Crippen molar-refractivity contribution < 1.29 is 9.15 Å². The summed E-state index contributed by atoms with van der Waals surface area (Å²) in [6.07, 6.45) is 3.71. The van der Waals surface area contributed by atoms with Crippen LogP contribution in [0.3, 0.4) is 0 Å². The molecule has 0 N–H and O–H groups in total. The lowest BCUT2D eigenvalue weighted by atomic mass is 9.97. The van der Waals surface area contributed by atoms with Gasteiger partial charge in [0, 0.05) is 24.0 Å². The maximum absolute atomic E-state index is 6.19. The van der Waals surface area contributed by atoms with Crippen molar-refractivity contribution in [3.63, 3.8) is 0 Å². The van der Waals surface area contributed by atoms with Gasteiger partial charge in [-0.15, -0.1) is 10.2 Å². The lowest BCUT2D eigenvalue weighted by Gasteiger charge is -2.33. The zero-order valence-electron chi connectivity index (χ0n) is 17.2. The number of oxazole rings is 1. The Morgan fingerprint density at radius 1 is 1.27 bits per heavy atom. The Hall–Kier alpha value is -2.87. The number of aromatic nitrogens is 5. The van der Waals surface area contributed by atoms with Gasteiger partial charge in [-0.1, -0.05) is 17.7 Å². The highest BCUT2D eigenvalue weighted by Crippen LogP contribution is 2.29. The summed E-state index contributed by atoms with van der Waals surface area (Å²) in [5, 5.41) is 12.9. The van der Waals surface area contributed by atoms with Crippen LogP contribution >= 0.6 is 11.6 Å². The molecule has 0 aliphatic carbocycles. The summed E-state index contributed by atoms with van der Waals surface area (Å²) in [4.78, 5) is 8.09. The van der Waals surface area contributed by atoms with Crippen LogP contribution in [0.15, 0.2) is 41.3 Å². The minimum absolute atomic E-state index is 0.351. The number of benzene rings is 1. The summed E-state index contributed by atoms with van der Waals surface area (Å²) in [6.45, 7) is 10.5. The summed E-state index contributed by atoms with van der Waals surface area (Å²) in [5.74, 6) is 3.35. The molecule has 1 saturated heterocycles. The summed E-state index contributed by atoms with van der Waals surface area (Å²) in [6, 6.07) is 5.73. The van der Waals surface area contributed by atoms with Gasteiger partial charge in [0.05, 0.1) is 12.7 Å². The van der Waals surface area contributed by atoms with Crippen LogP contribution in [0.5, 0.6) is 0 Å². The minimum atomic E-state index is 0.351. The van der Waals surface area contributed by atoms with E-state index >= 15 is 0 Å². The Balaban J connectivity index is 1.34. The van der Waals surface area contributed by atoms with E-state index in [9.17, 15) is 0 Å². The first-order chi connectivity index (χ1) is 14.5. The van der Waals surface area contributed by atoms with Gasteiger partial charge in [0.25, 0.3) is 0 Å². The Morgan fingerprint density at radius 2 is 2.07 bits per heavy atom. The summed E-state index contributed by atoms with van der Waals surface area (Å²) in [7, 11) is 0. The summed E-state index contributed by atoms with van der Waals surface area (Å²) in [5.41, 5.74) is 2.01. The molecule has 0 saturated carbocycles. The second kappa shape index (κ2) is 8.87. The number of ether oxygens (including phenoxy) is 1. The van der Waals surface area contributed by atoms with E-state index in [-0.39, 0.29) is 0 Å². The third kappa shape index (κ3) is 4.81. The molecule has 1 aromatic carbocycles. The smallest absolute Gasteiger partial charge is 0.197 e. The van der Waals surface area contributed by atoms with Crippen molar-refractivity contribution in [2.24, 2.45) is 0 Å². The minimum Gasteiger partial charge on any atom is -0.475 e. The maximum atomic E-state index is 6.19. The van der Waals surface area contributed by atoms with E-state index in [1.807, 2.05) is 32.0 Å². The highest BCUT2D eigenvalue weighted by Gasteiger charge is 2.25. The van der Waals surface area contributed by atoms with Gasteiger partial charge >= 0.3 is 0 Å². The Morgan fingerprint density at radius 3 is 2.73 bits per heavy atom. The molecule has 3 aromatic rings. The zero-order chi connectivity index (χ0) is 21.1. The largest absolute Gasteiger partial charge is 0.475 e. The van der Waals surface area contributed by atoms with Crippen molar-refractivity contribution in [2.75, 3.05) is 13.1 Å². The molecule has 0 bridgehead atoms. The lowest BCUT2D eigenvalue weighted by Crippen LogP contribution is -2.33. The molecule has 0 radical (unpaired) electrons. The Labute approximate surface area is 180 Å². The molecule has 1 fully saturated rings. The fourth-order valence-corrected chi connectivity index (χ4v) is 3.81. The first-order valence-corrected chi connectivity index (χ1v) is 10.4. The van der Waals surface area contributed by atoms with Crippen molar-refractivity contribution in [1.29, 1.82) is 0 Å². The van der Waals surface area contributed by atoms with Crippen molar-refractivity contribution >= 4 is 11.6 Å². The molecule has 2 aromatic heterocycles. The predicted octanol–water partition coefficient (Wildman–Crippen LogP) is 3.85. The predicted molar refractivity (Wildman–Crippen MR) is 112 cm³/mol.